The Hall–Kier alpha value is -4.32. The first-order chi connectivity index (χ1) is 22.6. The Morgan fingerprint density at radius 3 is 2.36 bits per heavy atom. The molecule has 2 unspecified atom stereocenters. The first kappa shape index (κ1) is 31.3. The van der Waals surface area contributed by atoms with E-state index in [0.717, 1.165) is 63.0 Å². The molecule has 250 valence electrons. The minimum atomic E-state index is -0.484. The van der Waals surface area contributed by atoms with Gasteiger partial charge in [0.05, 0.1) is 23.6 Å². The van der Waals surface area contributed by atoms with Gasteiger partial charge in [0.1, 0.15) is 17.5 Å². The maximum atomic E-state index is 12.4. The van der Waals surface area contributed by atoms with Crippen molar-refractivity contribution in [3.05, 3.63) is 48.7 Å². The fraction of sp³-hybridized carbons (Fsp3) is 0.543. The number of anilines is 3. The van der Waals surface area contributed by atoms with E-state index in [1.807, 2.05) is 45.2 Å². The van der Waals surface area contributed by atoms with Crippen molar-refractivity contribution >= 4 is 23.3 Å². The lowest BCUT2D eigenvalue weighted by atomic mass is 9.91. The van der Waals surface area contributed by atoms with Crippen LogP contribution in [-0.4, -0.2) is 93.5 Å². The third-order valence-corrected chi connectivity index (χ3v) is 9.64. The number of carbonyl (C=O) groups excluding carboxylic acids is 1. The van der Waals surface area contributed by atoms with Crippen molar-refractivity contribution in [1.29, 1.82) is 0 Å². The molecule has 12 heteroatoms. The average molecular weight is 644 g/mol. The molecule has 0 radical (unpaired) electrons. The van der Waals surface area contributed by atoms with E-state index in [9.17, 15) is 9.90 Å². The number of aromatic nitrogens is 3. The van der Waals surface area contributed by atoms with Crippen molar-refractivity contribution in [2.75, 3.05) is 41.7 Å². The zero-order chi connectivity index (χ0) is 32.7. The summed E-state index contributed by atoms with van der Waals surface area (Å²) in [7, 11) is 0. The van der Waals surface area contributed by atoms with Crippen LogP contribution in [0.5, 0.6) is 11.6 Å². The molecule has 5 heterocycles. The Morgan fingerprint density at radius 1 is 0.936 bits per heavy atom. The molecule has 4 fully saturated rings. The van der Waals surface area contributed by atoms with Gasteiger partial charge in [-0.2, -0.15) is 0 Å². The van der Waals surface area contributed by atoms with Gasteiger partial charge in [-0.05, 0) is 70.7 Å². The SMILES string of the molecule is CC(C)(C)OC(=O)N1CCC(OC2CC(Oc3cc(N4C5CCC4CN(c4cc(-c6ccccc6O)nnc4N)C5)ccn3)C2)CC1. The highest BCUT2D eigenvalue weighted by Gasteiger charge is 2.41. The number of aromatic hydroxyl groups is 1. The molecule has 2 bridgehead atoms. The number of amides is 1. The lowest BCUT2D eigenvalue weighted by Gasteiger charge is -2.43. The number of hydrogen-bond acceptors (Lipinski definition) is 11. The topological polar surface area (TPSA) is 139 Å². The van der Waals surface area contributed by atoms with Gasteiger partial charge in [-0.15, -0.1) is 10.2 Å². The highest BCUT2D eigenvalue weighted by molar-refractivity contribution is 5.74. The number of nitrogen functional groups attached to an aromatic ring is 1. The van der Waals surface area contributed by atoms with E-state index in [2.05, 4.69) is 37.1 Å². The van der Waals surface area contributed by atoms with Gasteiger partial charge in [0.15, 0.2) is 5.82 Å². The van der Waals surface area contributed by atoms with Crippen LogP contribution in [0.2, 0.25) is 0 Å². The van der Waals surface area contributed by atoms with E-state index in [4.69, 9.17) is 19.9 Å². The molecule has 1 aromatic carbocycles. The van der Waals surface area contributed by atoms with Crippen LogP contribution in [0.1, 0.15) is 59.3 Å². The Kier molecular flexibility index (Phi) is 8.46. The smallest absolute Gasteiger partial charge is 0.410 e. The van der Waals surface area contributed by atoms with Crippen LogP contribution in [0.25, 0.3) is 11.3 Å². The predicted molar refractivity (Wildman–Crippen MR) is 179 cm³/mol. The number of carbonyl (C=O) groups is 1. The summed E-state index contributed by atoms with van der Waals surface area (Å²) in [4.78, 5) is 23.5. The zero-order valence-corrected chi connectivity index (χ0v) is 27.4. The minimum absolute atomic E-state index is 0.0820. The maximum Gasteiger partial charge on any atom is 0.410 e. The number of pyridine rings is 1. The summed E-state index contributed by atoms with van der Waals surface area (Å²) in [6.45, 7) is 8.61. The molecule has 0 spiro atoms. The summed E-state index contributed by atoms with van der Waals surface area (Å²) >= 11 is 0. The second-order valence-corrected chi connectivity index (χ2v) is 14.2. The monoisotopic (exact) mass is 643 g/mol. The quantitative estimate of drug-likeness (QED) is 0.359. The molecular formula is C35H45N7O5. The summed E-state index contributed by atoms with van der Waals surface area (Å²) in [5, 5.41) is 18.9. The molecule has 3 aromatic rings. The van der Waals surface area contributed by atoms with Crippen LogP contribution in [0.4, 0.5) is 22.0 Å². The van der Waals surface area contributed by atoms with Gasteiger partial charge in [-0.1, -0.05) is 12.1 Å². The van der Waals surface area contributed by atoms with Gasteiger partial charge >= 0.3 is 6.09 Å². The molecule has 2 atom stereocenters. The fourth-order valence-corrected chi connectivity index (χ4v) is 7.28. The largest absolute Gasteiger partial charge is 0.507 e. The van der Waals surface area contributed by atoms with Crippen LogP contribution in [0.3, 0.4) is 0 Å². The zero-order valence-electron chi connectivity index (χ0n) is 27.4. The molecule has 3 aliphatic heterocycles. The lowest BCUT2D eigenvalue weighted by molar-refractivity contribution is -0.110. The molecule has 1 saturated carbocycles. The van der Waals surface area contributed by atoms with Crippen LogP contribution in [0.15, 0.2) is 48.7 Å². The Bertz CT molecular complexity index is 1570. The van der Waals surface area contributed by atoms with Crippen molar-refractivity contribution in [1.82, 2.24) is 20.1 Å². The molecule has 1 amide bonds. The molecule has 1 aliphatic carbocycles. The number of phenols is 1. The second-order valence-electron chi connectivity index (χ2n) is 14.2. The first-order valence-electron chi connectivity index (χ1n) is 16.8. The van der Waals surface area contributed by atoms with E-state index in [1.54, 1.807) is 17.0 Å². The summed E-state index contributed by atoms with van der Waals surface area (Å²) < 4.78 is 18.2. The highest BCUT2D eigenvalue weighted by atomic mass is 16.6. The molecule has 47 heavy (non-hydrogen) atoms. The normalized spacial score (nSPS) is 24.6. The van der Waals surface area contributed by atoms with Crippen LogP contribution in [-0.2, 0) is 9.47 Å². The van der Waals surface area contributed by atoms with E-state index < -0.39 is 5.60 Å². The van der Waals surface area contributed by atoms with E-state index in [-0.39, 0.29) is 30.2 Å². The van der Waals surface area contributed by atoms with Crippen molar-refractivity contribution in [2.45, 2.75) is 95.3 Å². The molecule has 12 nitrogen and oxygen atoms in total. The number of phenolic OH excluding ortho intramolecular Hbond substituents is 1. The molecule has 3 saturated heterocycles. The van der Waals surface area contributed by atoms with E-state index in [0.29, 0.717) is 48.1 Å². The van der Waals surface area contributed by atoms with Crippen LogP contribution >= 0.6 is 0 Å². The summed E-state index contributed by atoms with van der Waals surface area (Å²) in [5.74, 6) is 1.21. The van der Waals surface area contributed by atoms with Gasteiger partial charge in [0, 0.05) is 74.6 Å². The first-order valence-corrected chi connectivity index (χ1v) is 16.8. The van der Waals surface area contributed by atoms with Crippen molar-refractivity contribution in [3.63, 3.8) is 0 Å². The van der Waals surface area contributed by atoms with Crippen LogP contribution < -0.4 is 20.3 Å². The summed E-state index contributed by atoms with van der Waals surface area (Å²) in [6.07, 6.45) is 7.50. The number of piperazine rings is 1. The highest BCUT2D eigenvalue weighted by Crippen LogP contribution is 2.40. The van der Waals surface area contributed by atoms with Crippen LogP contribution in [0, 0.1) is 0 Å². The van der Waals surface area contributed by atoms with E-state index >= 15 is 0 Å². The molecule has 7 rings (SSSR count). The predicted octanol–water partition coefficient (Wildman–Crippen LogP) is 5.01. The number of rotatable bonds is 7. The van der Waals surface area contributed by atoms with Gasteiger partial charge in [-0.3, -0.25) is 0 Å². The number of nitrogens with two attached hydrogens (primary N) is 1. The number of likely N-dealkylation sites (tertiary alicyclic amines) is 1. The molecule has 4 aliphatic rings. The number of nitrogens with zero attached hydrogens (tertiary/aromatic N) is 6. The Balaban J connectivity index is 0.917. The number of fused-ring (bicyclic) bond motifs is 2. The van der Waals surface area contributed by atoms with Gasteiger partial charge in [-0.25, -0.2) is 9.78 Å². The number of hydrogen-bond donors (Lipinski definition) is 2. The average Bonchev–Trinajstić information content (AvgIpc) is 3.29. The van der Waals surface area contributed by atoms with Gasteiger partial charge in [0.2, 0.25) is 5.88 Å². The molecular weight excluding hydrogens is 598 g/mol. The third-order valence-electron chi connectivity index (χ3n) is 9.64. The number of para-hydroxylation sites is 1. The summed E-state index contributed by atoms with van der Waals surface area (Å²) in [5.41, 5.74) is 9.06. The molecule has 2 aromatic heterocycles. The van der Waals surface area contributed by atoms with Crippen molar-refractivity contribution in [2.24, 2.45) is 0 Å². The van der Waals surface area contributed by atoms with Crippen molar-refractivity contribution < 1.29 is 24.1 Å². The van der Waals surface area contributed by atoms with Gasteiger partial charge in [0.25, 0.3) is 0 Å². The second kappa shape index (κ2) is 12.7. The summed E-state index contributed by atoms with van der Waals surface area (Å²) in [6, 6.07) is 13.8. The number of ether oxygens (including phenoxy) is 3. The van der Waals surface area contributed by atoms with Gasteiger partial charge < -0.3 is 39.8 Å². The molecule has 3 N–H and O–H groups in total. The third kappa shape index (κ3) is 6.88. The number of piperidine rings is 1. The lowest BCUT2D eigenvalue weighted by Crippen LogP contribution is -2.54. The van der Waals surface area contributed by atoms with Crippen molar-refractivity contribution in [3.8, 4) is 22.9 Å². The Labute approximate surface area is 275 Å². The van der Waals surface area contributed by atoms with E-state index in [1.165, 1.54) is 0 Å². The standard InChI is InChI=1S/C35H45N7O5/c1-35(2,3)47-34(44)40-14-11-25(12-15-40)45-26-17-27(18-26)46-32-16-22(10-13-37-32)42-23-8-9-24(42)21-41(20-23)30-19-29(38-39-33(30)36)28-6-4-5-7-31(28)43/h4-7,10,13,16,19,23-27,43H,8-9,11-12,14-15,17-18,20-21H2,1-3H3,(H2,36,39). The number of benzene rings is 1. The fourth-order valence-electron chi connectivity index (χ4n) is 7.28. The minimum Gasteiger partial charge on any atom is -0.507 e. The Morgan fingerprint density at radius 2 is 1.66 bits per heavy atom. The maximum absolute atomic E-state index is 12.4.